The Kier molecular flexibility index (Phi) is 5.21. The first kappa shape index (κ1) is 13.6. The minimum absolute atomic E-state index is 0.330. The third-order valence-electron chi connectivity index (χ3n) is 3.97. The van der Waals surface area contributed by atoms with Crippen LogP contribution in [0.15, 0.2) is 24.3 Å². The van der Waals surface area contributed by atoms with Gasteiger partial charge in [-0.15, -0.1) is 0 Å². The summed E-state index contributed by atoms with van der Waals surface area (Å²) >= 11 is 0. The lowest BCUT2D eigenvalue weighted by molar-refractivity contribution is 0.146. The third-order valence-corrected chi connectivity index (χ3v) is 3.97. The van der Waals surface area contributed by atoms with Gasteiger partial charge in [-0.2, -0.15) is 0 Å². The minimum Gasteiger partial charge on any atom is -0.388 e. The summed E-state index contributed by atoms with van der Waals surface area (Å²) in [6.07, 6.45) is 6.96. The predicted molar refractivity (Wildman–Crippen MR) is 75.6 cm³/mol. The Morgan fingerprint density at radius 3 is 2.83 bits per heavy atom. The number of nitrogens with one attached hydrogen (secondary N) is 1. The highest BCUT2D eigenvalue weighted by molar-refractivity contribution is 5.27. The lowest BCUT2D eigenvalue weighted by atomic mass is 9.94. The average molecular weight is 247 g/mol. The summed E-state index contributed by atoms with van der Waals surface area (Å²) in [7, 11) is 0. The monoisotopic (exact) mass is 247 g/mol. The molecule has 1 saturated heterocycles. The first-order chi connectivity index (χ1) is 8.77. The normalized spacial score (nSPS) is 23.1. The molecule has 2 nitrogen and oxygen atoms in total. The van der Waals surface area contributed by atoms with Crippen LogP contribution in [0.5, 0.6) is 0 Å². The SMILES string of the molecule is Cc1ccccc1C(O)CC1CCCCCCN1. The molecule has 1 heterocycles. The Balaban J connectivity index is 1.93. The summed E-state index contributed by atoms with van der Waals surface area (Å²) in [5.74, 6) is 0. The van der Waals surface area contributed by atoms with Gasteiger partial charge >= 0.3 is 0 Å². The van der Waals surface area contributed by atoms with Gasteiger partial charge in [0.15, 0.2) is 0 Å². The van der Waals surface area contributed by atoms with Gasteiger partial charge in [0.25, 0.3) is 0 Å². The van der Waals surface area contributed by atoms with Crippen LogP contribution in [-0.4, -0.2) is 17.7 Å². The number of aryl methyl sites for hydroxylation is 1. The zero-order valence-corrected chi connectivity index (χ0v) is 11.4. The third kappa shape index (κ3) is 3.82. The summed E-state index contributed by atoms with van der Waals surface area (Å²) in [6, 6.07) is 8.63. The molecule has 18 heavy (non-hydrogen) atoms. The van der Waals surface area contributed by atoms with Crippen LogP contribution in [0.1, 0.15) is 55.8 Å². The second-order valence-corrected chi connectivity index (χ2v) is 5.46. The Bertz CT molecular complexity index is 356. The van der Waals surface area contributed by atoms with Crippen molar-refractivity contribution in [2.75, 3.05) is 6.54 Å². The van der Waals surface area contributed by atoms with Gasteiger partial charge in [0.1, 0.15) is 0 Å². The molecule has 0 radical (unpaired) electrons. The Morgan fingerprint density at radius 2 is 2.00 bits per heavy atom. The van der Waals surface area contributed by atoms with E-state index in [1.54, 1.807) is 0 Å². The molecule has 2 N–H and O–H groups in total. The van der Waals surface area contributed by atoms with Gasteiger partial charge in [0.05, 0.1) is 6.10 Å². The van der Waals surface area contributed by atoms with Gasteiger partial charge in [-0.3, -0.25) is 0 Å². The van der Waals surface area contributed by atoms with Crippen LogP contribution >= 0.6 is 0 Å². The minimum atomic E-state index is -0.330. The fourth-order valence-electron chi connectivity index (χ4n) is 2.84. The molecule has 1 aliphatic rings. The highest BCUT2D eigenvalue weighted by atomic mass is 16.3. The second-order valence-electron chi connectivity index (χ2n) is 5.46. The van der Waals surface area contributed by atoms with Gasteiger partial charge in [-0.05, 0) is 43.9 Å². The zero-order chi connectivity index (χ0) is 12.8. The van der Waals surface area contributed by atoms with Gasteiger partial charge in [0, 0.05) is 6.04 Å². The fourth-order valence-corrected chi connectivity index (χ4v) is 2.84. The molecule has 0 saturated carbocycles. The number of hydrogen-bond acceptors (Lipinski definition) is 2. The van der Waals surface area contributed by atoms with Crippen molar-refractivity contribution in [3.8, 4) is 0 Å². The van der Waals surface area contributed by atoms with Crippen molar-refractivity contribution in [1.29, 1.82) is 0 Å². The first-order valence-electron chi connectivity index (χ1n) is 7.24. The lowest BCUT2D eigenvalue weighted by Gasteiger charge is -2.24. The Labute approximate surface area is 110 Å². The Morgan fingerprint density at radius 1 is 1.22 bits per heavy atom. The molecule has 0 amide bonds. The molecule has 100 valence electrons. The van der Waals surface area contributed by atoms with E-state index in [4.69, 9.17) is 0 Å². The molecular formula is C16H25NO. The van der Waals surface area contributed by atoms with E-state index in [0.717, 1.165) is 18.5 Å². The summed E-state index contributed by atoms with van der Waals surface area (Å²) in [5, 5.41) is 14.0. The molecule has 0 aromatic heterocycles. The predicted octanol–water partition coefficient (Wildman–Crippen LogP) is 3.34. The van der Waals surface area contributed by atoms with E-state index in [9.17, 15) is 5.11 Å². The van der Waals surface area contributed by atoms with Crippen LogP contribution < -0.4 is 5.32 Å². The van der Waals surface area contributed by atoms with Crippen molar-refractivity contribution in [2.45, 2.75) is 57.6 Å². The van der Waals surface area contributed by atoms with Gasteiger partial charge < -0.3 is 10.4 Å². The van der Waals surface area contributed by atoms with E-state index in [0.29, 0.717) is 6.04 Å². The van der Waals surface area contributed by atoms with E-state index in [1.807, 2.05) is 18.2 Å². The molecule has 1 aromatic rings. The molecule has 0 spiro atoms. The van der Waals surface area contributed by atoms with Crippen molar-refractivity contribution >= 4 is 0 Å². The zero-order valence-electron chi connectivity index (χ0n) is 11.4. The summed E-state index contributed by atoms with van der Waals surface area (Å²) in [4.78, 5) is 0. The van der Waals surface area contributed by atoms with Crippen LogP contribution in [0, 0.1) is 6.92 Å². The quantitative estimate of drug-likeness (QED) is 0.858. The van der Waals surface area contributed by atoms with Gasteiger partial charge in [0.2, 0.25) is 0 Å². The molecule has 2 heteroatoms. The van der Waals surface area contributed by atoms with Gasteiger partial charge in [-0.25, -0.2) is 0 Å². The number of aliphatic hydroxyl groups is 1. The van der Waals surface area contributed by atoms with Crippen molar-refractivity contribution in [3.05, 3.63) is 35.4 Å². The van der Waals surface area contributed by atoms with Crippen molar-refractivity contribution < 1.29 is 5.11 Å². The molecule has 0 bridgehead atoms. The van der Waals surface area contributed by atoms with Crippen LogP contribution in [-0.2, 0) is 0 Å². The molecule has 2 rings (SSSR count). The molecule has 2 unspecified atom stereocenters. The second kappa shape index (κ2) is 6.91. The number of aliphatic hydroxyl groups excluding tert-OH is 1. The molecule has 1 fully saturated rings. The van der Waals surface area contributed by atoms with Crippen LogP contribution in [0.2, 0.25) is 0 Å². The smallest absolute Gasteiger partial charge is 0.0807 e. The maximum absolute atomic E-state index is 10.4. The molecular weight excluding hydrogens is 222 g/mol. The van der Waals surface area contributed by atoms with Crippen LogP contribution in [0.25, 0.3) is 0 Å². The first-order valence-corrected chi connectivity index (χ1v) is 7.24. The van der Waals surface area contributed by atoms with Gasteiger partial charge in [-0.1, -0.05) is 43.5 Å². The number of hydrogen-bond donors (Lipinski definition) is 2. The van der Waals surface area contributed by atoms with Crippen molar-refractivity contribution in [1.82, 2.24) is 5.32 Å². The standard InChI is InChI=1S/C16H25NO/c1-13-8-5-6-10-15(13)16(18)12-14-9-4-2-3-7-11-17-14/h5-6,8,10,14,16-18H,2-4,7,9,11-12H2,1H3. The van der Waals surface area contributed by atoms with E-state index in [2.05, 4.69) is 18.3 Å². The van der Waals surface area contributed by atoms with E-state index in [-0.39, 0.29) is 6.10 Å². The summed E-state index contributed by atoms with van der Waals surface area (Å²) in [6.45, 7) is 3.18. The van der Waals surface area contributed by atoms with Crippen molar-refractivity contribution in [2.24, 2.45) is 0 Å². The number of benzene rings is 1. The molecule has 2 atom stereocenters. The summed E-state index contributed by atoms with van der Waals surface area (Å²) < 4.78 is 0. The van der Waals surface area contributed by atoms with Crippen LogP contribution in [0.3, 0.4) is 0 Å². The van der Waals surface area contributed by atoms with E-state index >= 15 is 0 Å². The van der Waals surface area contributed by atoms with E-state index < -0.39 is 0 Å². The highest BCUT2D eigenvalue weighted by Crippen LogP contribution is 2.24. The summed E-state index contributed by atoms with van der Waals surface area (Å²) in [5.41, 5.74) is 2.28. The molecule has 0 aliphatic carbocycles. The highest BCUT2D eigenvalue weighted by Gasteiger charge is 2.17. The lowest BCUT2D eigenvalue weighted by Crippen LogP contribution is -2.32. The van der Waals surface area contributed by atoms with Crippen LogP contribution in [0.4, 0.5) is 0 Å². The molecule has 1 aliphatic heterocycles. The maximum Gasteiger partial charge on any atom is 0.0807 e. The Hall–Kier alpha value is -0.860. The van der Waals surface area contributed by atoms with Crippen molar-refractivity contribution in [3.63, 3.8) is 0 Å². The average Bonchev–Trinajstić information content (AvgIpc) is 2.33. The van der Waals surface area contributed by atoms with E-state index in [1.165, 1.54) is 37.7 Å². The molecule has 1 aromatic carbocycles. The topological polar surface area (TPSA) is 32.3 Å². The fraction of sp³-hybridized carbons (Fsp3) is 0.625. The largest absolute Gasteiger partial charge is 0.388 e. The maximum atomic E-state index is 10.4. The number of rotatable bonds is 3.